The molecule has 0 bridgehead atoms. The van der Waals surface area contributed by atoms with Gasteiger partial charge in [0.25, 0.3) is 5.91 Å². The van der Waals surface area contributed by atoms with Crippen LogP contribution in [-0.2, 0) is 4.79 Å². The highest BCUT2D eigenvalue weighted by molar-refractivity contribution is 7.98. The fourth-order valence-electron chi connectivity index (χ4n) is 1.84. The lowest BCUT2D eigenvalue weighted by Gasteiger charge is -2.14. The van der Waals surface area contributed by atoms with E-state index in [0.717, 1.165) is 17.7 Å². The van der Waals surface area contributed by atoms with Crippen molar-refractivity contribution in [1.82, 2.24) is 5.32 Å². The number of aliphatic carboxylic acids is 1. The summed E-state index contributed by atoms with van der Waals surface area (Å²) >= 11 is 7.49. The number of nitrogens with one attached hydrogen (secondary N) is 1. The number of thioether (sulfide) groups is 1. The van der Waals surface area contributed by atoms with Crippen LogP contribution in [0.2, 0.25) is 5.02 Å². The molecule has 0 radical (unpaired) electrons. The molecule has 1 aliphatic rings. The van der Waals surface area contributed by atoms with Gasteiger partial charge in [0, 0.05) is 4.90 Å². The third kappa shape index (κ3) is 3.42. The molecule has 1 aromatic rings. The number of rotatable bonds is 5. The van der Waals surface area contributed by atoms with Crippen LogP contribution in [0.25, 0.3) is 0 Å². The molecule has 1 amide bonds. The van der Waals surface area contributed by atoms with E-state index in [-0.39, 0.29) is 5.92 Å². The van der Waals surface area contributed by atoms with Crippen molar-refractivity contribution in [2.45, 2.75) is 23.8 Å². The Bertz CT molecular complexity index is 517. The van der Waals surface area contributed by atoms with E-state index in [9.17, 15) is 9.59 Å². The average Bonchev–Trinajstić information content (AvgIpc) is 3.20. The molecule has 1 fully saturated rings. The Morgan fingerprint density at radius 2 is 2.16 bits per heavy atom. The van der Waals surface area contributed by atoms with Gasteiger partial charge >= 0.3 is 5.97 Å². The molecule has 102 valence electrons. The predicted molar refractivity (Wildman–Crippen MR) is 74.8 cm³/mol. The Morgan fingerprint density at radius 3 is 2.68 bits per heavy atom. The molecule has 1 aliphatic carbocycles. The van der Waals surface area contributed by atoms with Crippen molar-refractivity contribution in [2.24, 2.45) is 5.92 Å². The first-order chi connectivity index (χ1) is 9.02. The van der Waals surface area contributed by atoms with E-state index in [0.29, 0.717) is 10.6 Å². The van der Waals surface area contributed by atoms with Crippen LogP contribution < -0.4 is 5.32 Å². The lowest BCUT2D eigenvalue weighted by molar-refractivity contribution is -0.139. The van der Waals surface area contributed by atoms with Crippen LogP contribution in [0.4, 0.5) is 0 Å². The fourth-order valence-corrected chi connectivity index (χ4v) is 2.48. The van der Waals surface area contributed by atoms with Gasteiger partial charge in [-0.3, -0.25) is 4.79 Å². The van der Waals surface area contributed by atoms with Gasteiger partial charge in [0.15, 0.2) is 0 Å². The largest absolute Gasteiger partial charge is 0.480 e. The summed E-state index contributed by atoms with van der Waals surface area (Å²) in [4.78, 5) is 24.1. The molecule has 0 aromatic heterocycles. The second-order valence-electron chi connectivity index (χ2n) is 4.47. The van der Waals surface area contributed by atoms with Gasteiger partial charge in [-0.25, -0.2) is 4.79 Å². The lowest BCUT2D eigenvalue weighted by Crippen LogP contribution is -2.42. The summed E-state index contributed by atoms with van der Waals surface area (Å²) < 4.78 is 0. The maximum atomic E-state index is 12.1. The molecule has 19 heavy (non-hydrogen) atoms. The van der Waals surface area contributed by atoms with Crippen molar-refractivity contribution in [3.63, 3.8) is 0 Å². The summed E-state index contributed by atoms with van der Waals surface area (Å²) in [5.74, 6) is -1.38. The van der Waals surface area contributed by atoms with Gasteiger partial charge in [-0.05, 0) is 43.2 Å². The molecule has 1 atom stereocenters. The molecule has 0 spiro atoms. The number of carboxylic acids is 1. The average molecular weight is 300 g/mol. The van der Waals surface area contributed by atoms with Gasteiger partial charge in [-0.1, -0.05) is 11.6 Å². The van der Waals surface area contributed by atoms with Gasteiger partial charge in [-0.2, -0.15) is 0 Å². The van der Waals surface area contributed by atoms with Crippen molar-refractivity contribution < 1.29 is 14.7 Å². The number of amides is 1. The molecule has 4 nitrogen and oxygen atoms in total. The summed E-state index contributed by atoms with van der Waals surface area (Å²) in [5.41, 5.74) is 0.320. The Labute approximate surface area is 120 Å². The van der Waals surface area contributed by atoms with Crippen molar-refractivity contribution in [3.8, 4) is 0 Å². The second kappa shape index (κ2) is 5.84. The Morgan fingerprint density at radius 1 is 1.47 bits per heavy atom. The van der Waals surface area contributed by atoms with E-state index < -0.39 is 17.9 Å². The molecule has 1 aromatic carbocycles. The van der Waals surface area contributed by atoms with E-state index in [2.05, 4.69) is 5.32 Å². The number of carbonyl (C=O) groups is 2. The fraction of sp³-hybridized carbons (Fsp3) is 0.385. The lowest BCUT2D eigenvalue weighted by atomic mass is 10.1. The number of carbonyl (C=O) groups excluding carboxylic acids is 1. The zero-order chi connectivity index (χ0) is 14.0. The summed E-state index contributed by atoms with van der Waals surface area (Å²) in [6.45, 7) is 0. The quantitative estimate of drug-likeness (QED) is 0.820. The molecule has 2 rings (SSSR count). The van der Waals surface area contributed by atoms with Crippen molar-refractivity contribution in [2.75, 3.05) is 6.26 Å². The molecule has 0 saturated heterocycles. The van der Waals surface area contributed by atoms with Crippen LogP contribution in [0.1, 0.15) is 23.2 Å². The van der Waals surface area contributed by atoms with E-state index in [1.807, 2.05) is 12.3 Å². The number of hydrogen-bond acceptors (Lipinski definition) is 3. The number of benzene rings is 1. The van der Waals surface area contributed by atoms with E-state index in [1.54, 1.807) is 12.1 Å². The molecular weight excluding hydrogens is 286 g/mol. The number of halogens is 1. The van der Waals surface area contributed by atoms with Crippen LogP contribution >= 0.6 is 23.4 Å². The summed E-state index contributed by atoms with van der Waals surface area (Å²) in [5, 5.41) is 12.0. The highest BCUT2D eigenvalue weighted by Crippen LogP contribution is 2.33. The monoisotopic (exact) mass is 299 g/mol. The summed E-state index contributed by atoms with van der Waals surface area (Å²) in [7, 11) is 0. The van der Waals surface area contributed by atoms with E-state index in [1.165, 1.54) is 11.8 Å². The Balaban J connectivity index is 2.16. The third-order valence-electron chi connectivity index (χ3n) is 3.06. The van der Waals surface area contributed by atoms with E-state index in [4.69, 9.17) is 16.7 Å². The topological polar surface area (TPSA) is 66.4 Å². The molecule has 6 heteroatoms. The molecule has 1 saturated carbocycles. The van der Waals surface area contributed by atoms with Crippen molar-refractivity contribution in [3.05, 3.63) is 28.8 Å². The minimum Gasteiger partial charge on any atom is -0.480 e. The maximum absolute atomic E-state index is 12.1. The van der Waals surface area contributed by atoms with Gasteiger partial charge < -0.3 is 10.4 Å². The van der Waals surface area contributed by atoms with Crippen LogP contribution in [0.5, 0.6) is 0 Å². The number of hydrogen-bond donors (Lipinski definition) is 2. The highest BCUT2D eigenvalue weighted by Gasteiger charge is 2.37. The first-order valence-corrected chi connectivity index (χ1v) is 7.50. The van der Waals surface area contributed by atoms with Gasteiger partial charge in [0.1, 0.15) is 6.04 Å². The predicted octanol–water partition coefficient (Wildman–Crippen LogP) is 2.65. The van der Waals surface area contributed by atoms with Crippen LogP contribution in [-0.4, -0.2) is 29.3 Å². The minimum atomic E-state index is -0.993. The summed E-state index contributed by atoms with van der Waals surface area (Å²) in [6.07, 6.45) is 3.58. The van der Waals surface area contributed by atoms with Crippen LogP contribution in [0.15, 0.2) is 23.1 Å². The Kier molecular flexibility index (Phi) is 4.37. The van der Waals surface area contributed by atoms with Crippen molar-refractivity contribution >= 4 is 35.2 Å². The van der Waals surface area contributed by atoms with Crippen LogP contribution in [0.3, 0.4) is 0 Å². The molecule has 0 heterocycles. The first kappa shape index (κ1) is 14.2. The highest BCUT2D eigenvalue weighted by atomic mass is 35.5. The molecule has 2 N–H and O–H groups in total. The maximum Gasteiger partial charge on any atom is 0.326 e. The van der Waals surface area contributed by atoms with Gasteiger partial charge in [-0.15, -0.1) is 11.8 Å². The molecular formula is C13H14ClNO3S. The van der Waals surface area contributed by atoms with E-state index >= 15 is 0 Å². The normalized spacial score (nSPS) is 15.9. The zero-order valence-electron chi connectivity index (χ0n) is 10.4. The van der Waals surface area contributed by atoms with Gasteiger partial charge in [0.2, 0.25) is 0 Å². The molecule has 1 unspecified atom stereocenters. The smallest absolute Gasteiger partial charge is 0.326 e. The number of carboxylic acid groups (broad SMARTS) is 1. The Hall–Kier alpha value is -1.20. The zero-order valence-corrected chi connectivity index (χ0v) is 11.9. The van der Waals surface area contributed by atoms with Crippen molar-refractivity contribution in [1.29, 1.82) is 0 Å². The summed E-state index contributed by atoms with van der Waals surface area (Å²) in [6, 6.07) is 4.32. The second-order valence-corrected chi connectivity index (χ2v) is 5.76. The molecule has 0 aliphatic heterocycles. The SMILES string of the molecule is CSc1ccc(Cl)c(C(=O)NC(C(=O)O)C2CC2)c1. The first-order valence-electron chi connectivity index (χ1n) is 5.90. The third-order valence-corrected chi connectivity index (χ3v) is 4.12. The van der Waals surface area contributed by atoms with Crippen LogP contribution in [0, 0.1) is 5.92 Å². The standard InChI is InChI=1S/C13H14ClNO3S/c1-19-8-4-5-10(14)9(6-8)12(16)15-11(13(17)18)7-2-3-7/h4-7,11H,2-3H2,1H3,(H,15,16)(H,17,18). The minimum absolute atomic E-state index is 0.0453. The van der Waals surface area contributed by atoms with Gasteiger partial charge in [0.05, 0.1) is 10.6 Å².